The Labute approximate surface area is 134 Å². The van der Waals surface area contributed by atoms with Crippen LogP contribution in [0.1, 0.15) is 12.6 Å². The maximum Gasteiger partial charge on any atom is 0.210 e. The molecule has 0 spiro atoms. The largest absolute Gasteiger partial charge is 0.357 e. The Morgan fingerprint density at radius 2 is 2.24 bits per heavy atom. The maximum atomic E-state index is 10.9. The lowest BCUT2D eigenvalue weighted by molar-refractivity contribution is 0.462. The number of aryl methyl sites for hydroxylation is 1. The van der Waals surface area contributed by atoms with E-state index in [1.165, 1.54) is 0 Å². The Balaban J connectivity index is 2.74. The van der Waals surface area contributed by atoms with E-state index < -0.39 is 10.0 Å². The van der Waals surface area contributed by atoms with E-state index in [1.54, 1.807) is 0 Å². The lowest BCUT2D eigenvalue weighted by Gasteiger charge is -2.22. The molecule has 1 aromatic heterocycles. The van der Waals surface area contributed by atoms with E-state index >= 15 is 0 Å². The number of nitrogens with two attached hydrogens (primary N) is 1. The van der Waals surface area contributed by atoms with Gasteiger partial charge in [-0.05, 0) is 28.9 Å². The number of aliphatic imine (C=N–C) groups is 1. The second kappa shape index (κ2) is 7.81. The number of hydrogen-bond acceptors (Lipinski definition) is 3. The molecule has 0 aromatic carbocycles. The van der Waals surface area contributed by atoms with Crippen LogP contribution in [0.3, 0.4) is 0 Å². The third-order valence-corrected chi connectivity index (χ3v) is 3.99. The number of hydrogen-bond donors (Lipinski definition) is 2. The number of aromatic nitrogens is 1. The Hall–Kier alpha value is -1.06. The molecule has 0 bridgehead atoms. The predicted molar refractivity (Wildman–Crippen MR) is 88.5 cm³/mol. The average Bonchev–Trinajstić information content (AvgIpc) is 2.65. The first-order chi connectivity index (χ1) is 9.73. The Morgan fingerprint density at radius 3 is 2.71 bits per heavy atom. The monoisotopic (exact) mass is 379 g/mol. The highest BCUT2D eigenvalue weighted by molar-refractivity contribution is 9.10. The zero-order valence-corrected chi connectivity index (χ0v) is 14.9. The summed E-state index contributed by atoms with van der Waals surface area (Å²) in [7, 11) is 0.387. The van der Waals surface area contributed by atoms with Crippen LogP contribution in [0, 0.1) is 0 Å². The first kappa shape index (κ1) is 18.0. The molecule has 3 N–H and O–H groups in total. The lowest BCUT2D eigenvalue weighted by atomic mass is 10.4. The third kappa shape index (κ3) is 6.49. The molecule has 0 radical (unpaired) electrons. The molecule has 0 aliphatic heterocycles. The van der Waals surface area contributed by atoms with Crippen LogP contribution in [0.4, 0.5) is 0 Å². The molecule has 0 aliphatic rings. The van der Waals surface area contributed by atoms with Crippen LogP contribution in [-0.2, 0) is 23.6 Å². The number of nitrogens with one attached hydrogen (secondary N) is 1. The summed E-state index contributed by atoms with van der Waals surface area (Å²) < 4.78 is 24.9. The summed E-state index contributed by atoms with van der Waals surface area (Å²) in [5.41, 5.74) is 1.11. The molecular formula is C12H22BrN5O2S. The molecule has 0 amide bonds. The van der Waals surface area contributed by atoms with Gasteiger partial charge in [-0.2, -0.15) is 0 Å². The van der Waals surface area contributed by atoms with Crippen LogP contribution in [0.25, 0.3) is 0 Å². The smallest absolute Gasteiger partial charge is 0.210 e. The minimum atomic E-state index is -3.49. The number of primary sulfonamides is 1. The van der Waals surface area contributed by atoms with Crippen molar-refractivity contribution in [3.63, 3.8) is 0 Å². The fourth-order valence-corrected chi connectivity index (χ4v) is 2.71. The van der Waals surface area contributed by atoms with Crippen molar-refractivity contribution in [2.45, 2.75) is 13.5 Å². The molecule has 1 heterocycles. The zero-order valence-electron chi connectivity index (χ0n) is 12.5. The van der Waals surface area contributed by atoms with Crippen LogP contribution >= 0.6 is 15.9 Å². The summed E-state index contributed by atoms with van der Waals surface area (Å²) in [5, 5.41) is 8.11. The molecule has 0 unspecified atom stereocenters. The Kier molecular flexibility index (Phi) is 6.69. The normalized spacial score (nSPS) is 12.5. The van der Waals surface area contributed by atoms with Gasteiger partial charge in [-0.3, -0.25) is 4.99 Å². The minimum Gasteiger partial charge on any atom is -0.357 e. The standard InChI is InChI=1S/C12H22BrN5O2S/c1-4-15-12(16-5-6-21(14,19)20)18(3)9-11-7-10(13)8-17(11)2/h7-8H,4-6,9H2,1-3H3,(H,15,16)(H2,14,19,20). The summed E-state index contributed by atoms with van der Waals surface area (Å²) in [6.45, 7) is 3.46. The van der Waals surface area contributed by atoms with Gasteiger partial charge in [0, 0.05) is 37.0 Å². The molecule has 0 atom stereocenters. The number of guanidine groups is 1. The molecule has 0 aliphatic carbocycles. The topological polar surface area (TPSA) is 92.7 Å². The molecule has 0 saturated heterocycles. The quantitative estimate of drug-likeness (QED) is 0.555. The van der Waals surface area contributed by atoms with Crippen LogP contribution in [0.2, 0.25) is 0 Å². The molecule has 1 rings (SSSR count). The van der Waals surface area contributed by atoms with E-state index in [2.05, 4.69) is 26.2 Å². The number of nitrogens with zero attached hydrogens (tertiary/aromatic N) is 3. The van der Waals surface area contributed by atoms with E-state index in [0.717, 1.165) is 10.2 Å². The summed E-state index contributed by atoms with van der Waals surface area (Å²) in [6, 6.07) is 2.03. The summed E-state index contributed by atoms with van der Waals surface area (Å²) >= 11 is 3.44. The van der Waals surface area contributed by atoms with E-state index in [9.17, 15) is 8.42 Å². The van der Waals surface area contributed by atoms with Crippen molar-refractivity contribution in [3.8, 4) is 0 Å². The first-order valence-electron chi connectivity index (χ1n) is 6.53. The molecular weight excluding hydrogens is 358 g/mol. The number of sulfonamides is 1. The van der Waals surface area contributed by atoms with Gasteiger partial charge in [0.2, 0.25) is 10.0 Å². The van der Waals surface area contributed by atoms with Crippen LogP contribution in [-0.4, -0.2) is 49.7 Å². The Bertz CT molecular complexity index is 597. The highest BCUT2D eigenvalue weighted by Crippen LogP contribution is 2.14. The summed E-state index contributed by atoms with van der Waals surface area (Å²) in [5.74, 6) is 0.490. The molecule has 1 aromatic rings. The molecule has 120 valence electrons. The maximum absolute atomic E-state index is 10.9. The predicted octanol–water partition coefficient (Wildman–Crippen LogP) is 0.473. The Morgan fingerprint density at radius 1 is 1.57 bits per heavy atom. The number of rotatable bonds is 6. The van der Waals surface area contributed by atoms with Crippen LogP contribution in [0.5, 0.6) is 0 Å². The van der Waals surface area contributed by atoms with Gasteiger partial charge < -0.3 is 14.8 Å². The van der Waals surface area contributed by atoms with Gasteiger partial charge in [0.25, 0.3) is 0 Å². The molecule has 0 saturated carbocycles. The SMILES string of the molecule is CCNC(=NCCS(N)(=O)=O)N(C)Cc1cc(Br)cn1C. The third-order valence-electron chi connectivity index (χ3n) is 2.81. The van der Waals surface area contributed by atoms with E-state index in [-0.39, 0.29) is 12.3 Å². The van der Waals surface area contributed by atoms with Crippen molar-refractivity contribution in [1.82, 2.24) is 14.8 Å². The molecule has 0 fully saturated rings. The zero-order chi connectivity index (χ0) is 16.0. The van der Waals surface area contributed by atoms with Crippen LogP contribution < -0.4 is 10.5 Å². The van der Waals surface area contributed by atoms with Gasteiger partial charge in [0.1, 0.15) is 0 Å². The van der Waals surface area contributed by atoms with Gasteiger partial charge in [-0.25, -0.2) is 13.6 Å². The van der Waals surface area contributed by atoms with Crippen molar-refractivity contribution in [3.05, 3.63) is 22.4 Å². The van der Waals surface area contributed by atoms with Gasteiger partial charge >= 0.3 is 0 Å². The van der Waals surface area contributed by atoms with E-state index in [1.807, 2.05) is 42.7 Å². The molecule has 21 heavy (non-hydrogen) atoms. The second-order valence-corrected chi connectivity index (χ2v) is 7.37. The number of halogens is 1. The fourth-order valence-electron chi connectivity index (χ4n) is 1.79. The van der Waals surface area contributed by atoms with E-state index in [0.29, 0.717) is 19.0 Å². The van der Waals surface area contributed by atoms with Crippen LogP contribution in [0.15, 0.2) is 21.7 Å². The fraction of sp³-hybridized carbons (Fsp3) is 0.583. The molecule has 9 heteroatoms. The summed E-state index contributed by atoms with van der Waals surface area (Å²) in [4.78, 5) is 6.22. The highest BCUT2D eigenvalue weighted by Gasteiger charge is 2.10. The van der Waals surface area contributed by atoms with Crippen molar-refractivity contribution < 1.29 is 8.42 Å². The summed E-state index contributed by atoms with van der Waals surface area (Å²) in [6.07, 6.45) is 1.98. The molecule has 7 nitrogen and oxygen atoms in total. The average molecular weight is 380 g/mol. The first-order valence-corrected chi connectivity index (χ1v) is 9.04. The second-order valence-electron chi connectivity index (χ2n) is 4.72. The highest BCUT2D eigenvalue weighted by atomic mass is 79.9. The van der Waals surface area contributed by atoms with Gasteiger partial charge in [-0.15, -0.1) is 0 Å². The van der Waals surface area contributed by atoms with Crippen molar-refractivity contribution in [2.75, 3.05) is 25.9 Å². The lowest BCUT2D eigenvalue weighted by Crippen LogP contribution is -2.39. The van der Waals surface area contributed by atoms with Crippen molar-refractivity contribution in [1.29, 1.82) is 0 Å². The van der Waals surface area contributed by atoms with Gasteiger partial charge in [0.05, 0.1) is 18.8 Å². The van der Waals surface area contributed by atoms with E-state index in [4.69, 9.17) is 5.14 Å². The minimum absolute atomic E-state index is 0.141. The van der Waals surface area contributed by atoms with Crippen molar-refractivity contribution in [2.24, 2.45) is 17.2 Å². The van der Waals surface area contributed by atoms with Gasteiger partial charge in [-0.1, -0.05) is 0 Å². The van der Waals surface area contributed by atoms with Gasteiger partial charge in [0.15, 0.2) is 5.96 Å². The van der Waals surface area contributed by atoms with Crippen molar-refractivity contribution >= 4 is 31.9 Å².